The van der Waals surface area contributed by atoms with Crippen LogP contribution < -0.4 is 10.1 Å². The van der Waals surface area contributed by atoms with Gasteiger partial charge in [0.25, 0.3) is 0 Å². The molecular formula is C20H23N5O3. The molecule has 2 aromatic heterocycles. The highest BCUT2D eigenvalue weighted by Crippen LogP contribution is 2.31. The summed E-state index contributed by atoms with van der Waals surface area (Å²) in [6, 6.07) is 9.02. The number of hydrogen-bond donors (Lipinski definition) is 1. The molecule has 0 fully saturated rings. The highest BCUT2D eigenvalue weighted by Gasteiger charge is 2.29. The predicted octanol–water partition coefficient (Wildman–Crippen LogP) is 2.56. The highest BCUT2D eigenvalue weighted by molar-refractivity contribution is 5.81. The van der Waals surface area contributed by atoms with Crippen LogP contribution in [-0.4, -0.2) is 33.2 Å². The number of rotatable bonds is 6. The Bertz CT molecular complexity index is 964. The number of aromatic nitrogens is 4. The third-order valence-corrected chi connectivity index (χ3v) is 5.19. The summed E-state index contributed by atoms with van der Waals surface area (Å²) in [5, 5.41) is 14.9. The third-order valence-electron chi connectivity index (χ3n) is 5.19. The van der Waals surface area contributed by atoms with Crippen LogP contribution in [0.2, 0.25) is 0 Å². The number of tetrazole rings is 1. The molecule has 8 nitrogen and oxygen atoms in total. The van der Waals surface area contributed by atoms with Crippen LogP contribution in [0.5, 0.6) is 5.75 Å². The molecule has 146 valence electrons. The smallest absolute Gasteiger partial charge is 0.245 e. The molecule has 0 saturated heterocycles. The maximum atomic E-state index is 13.3. The number of amides is 1. The van der Waals surface area contributed by atoms with Crippen molar-refractivity contribution >= 4 is 5.91 Å². The summed E-state index contributed by atoms with van der Waals surface area (Å²) in [5.74, 6) is 2.19. The number of aryl methyl sites for hydroxylation is 2. The van der Waals surface area contributed by atoms with E-state index in [0.29, 0.717) is 12.2 Å². The first-order valence-corrected chi connectivity index (χ1v) is 9.39. The highest BCUT2D eigenvalue weighted by atomic mass is 16.5. The standard InChI is InChI=1S/C20H23N5O3/c1-13-22-23-24-25(13)18(12-14-5-3-6-15(11-14)27-2)20(26)21-17-7-4-8-19-16(17)9-10-28-19/h3,5-6,9-11,17-18H,4,7-8,12H2,1-2H3,(H,21,26). The van der Waals surface area contributed by atoms with Crippen LogP contribution in [0.3, 0.4) is 0 Å². The molecule has 2 unspecified atom stereocenters. The van der Waals surface area contributed by atoms with E-state index in [-0.39, 0.29) is 11.9 Å². The lowest BCUT2D eigenvalue weighted by Crippen LogP contribution is -2.38. The Kier molecular flexibility index (Phi) is 5.10. The first-order chi connectivity index (χ1) is 13.7. The molecule has 0 aliphatic heterocycles. The van der Waals surface area contributed by atoms with Crippen LogP contribution in [0, 0.1) is 6.92 Å². The van der Waals surface area contributed by atoms with Crippen LogP contribution in [0.25, 0.3) is 0 Å². The topological polar surface area (TPSA) is 95.1 Å². The maximum Gasteiger partial charge on any atom is 0.245 e. The van der Waals surface area contributed by atoms with Crippen molar-refractivity contribution < 1.29 is 13.9 Å². The van der Waals surface area contributed by atoms with Crippen molar-refractivity contribution in [2.24, 2.45) is 0 Å². The first-order valence-electron chi connectivity index (χ1n) is 9.39. The molecule has 0 spiro atoms. The SMILES string of the molecule is COc1cccc(CC(C(=O)NC2CCCc3occc32)n2nnnc2C)c1. The van der Waals surface area contributed by atoms with E-state index in [4.69, 9.17) is 9.15 Å². The molecule has 3 aromatic rings. The van der Waals surface area contributed by atoms with Crippen LogP contribution in [-0.2, 0) is 17.6 Å². The lowest BCUT2D eigenvalue weighted by Gasteiger charge is -2.25. The Hall–Kier alpha value is -3.16. The molecule has 2 heterocycles. The summed E-state index contributed by atoms with van der Waals surface area (Å²) in [6.07, 6.45) is 4.93. The normalized spacial score (nSPS) is 17.0. The second-order valence-corrected chi connectivity index (χ2v) is 6.99. The zero-order chi connectivity index (χ0) is 19.5. The summed E-state index contributed by atoms with van der Waals surface area (Å²) in [4.78, 5) is 13.3. The molecule has 2 atom stereocenters. The number of nitrogens with zero attached hydrogens (tertiary/aromatic N) is 4. The quantitative estimate of drug-likeness (QED) is 0.705. The summed E-state index contributed by atoms with van der Waals surface area (Å²) in [6.45, 7) is 1.79. The van der Waals surface area contributed by atoms with Crippen LogP contribution in [0.15, 0.2) is 41.0 Å². The van der Waals surface area contributed by atoms with Gasteiger partial charge in [0.05, 0.1) is 19.4 Å². The van der Waals surface area contributed by atoms with Gasteiger partial charge in [-0.1, -0.05) is 12.1 Å². The van der Waals surface area contributed by atoms with Gasteiger partial charge < -0.3 is 14.5 Å². The number of nitrogens with one attached hydrogen (secondary N) is 1. The molecule has 0 bridgehead atoms. The Morgan fingerprint density at radius 1 is 1.43 bits per heavy atom. The second kappa shape index (κ2) is 7.84. The molecule has 0 saturated carbocycles. The Morgan fingerprint density at radius 2 is 2.32 bits per heavy atom. The Morgan fingerprint density at radius 3 is 3.11 bits per heavy atom. The number of furan rings is 1. The van der Waals surface area contributed by atoms with E-state index in [9.17, 15) is 4.79 Å². The van der Waals surface area contributed by atoms with Gasteiger partial charge in [-0.25, -0.2) is 4.68 Å². The average molecular weight is 381 g/mol. The Balaban J connectivity index is 1.59. The molecule has 1 aromatic carbocycles. The summed E-state index contributed by atoms with van der Waals surface area (Å²) >= 11 is 0. The minimum absolute atomic E-state index is 0.0559. The minimum Gasteiger partial charge on any atom is -0.497 e. The lowest BCUT2D eigenvalue weighted by molar-refractivity contribution is -0.125. The predicted molar refractivity (Wildman–Crippen MR) is 101 cm³/mol. The molecule has 4 rings (SSSR count). The van der Waals surface area contributed by atoms with Gasteiger partial charge in [0, 0.05) is 18.4 Å². The lowest BCUT2D eigenvalue weighted by atomic mass is 9.93. The van der Waals surface area contributed by atoms with Gasteiger partial charge in [0.2, 0.25) is 5.91 Å². The number of ether oxygens (including phenoxy) is 1. The molecule has 1 amide bonds. The molecular weight excluding hydrogens is 358 g/mol. The average Bonchev–Trinajstić information content (AvgIpc) is 3.35. The molecule has 1 aliphatic rings. The van der Waals surface area contributed by atoms with Crippen molar-refractivity contribution in [1.29, 1.82) is 0 Å². The number of methoxy groups -OCH3 is 1. The van der Waals surface area contributed by atoms with Gasteiger partial charge in [-0.2, -0.15) is 0 Å². The van der Waals surface area contributed by atoms with Crippen molar-refractivity contribution in [2.75, 3.05) is 7.11 Å². The summed E-state index contributed by atoms with van der Waals surface area (Å²) < 4.78 is 12.4. The van der Waals surface area contributed by atoms with Crippen molar-refractivity contribution in [3.05, 3.63) is 59.3 Å². The minimum atomic E-state index is -0.556. The van der Waals surface area contributed by atoms with E-state index in [2.05, 4.69) is 20.8 Å². The molecule has 8 heteroatoms. The van der Waals surface area contributed by atoms with Crippen molar-refractivity contribution in [3.63, 3.8) is 0 Å². The number of hydrogen-bond acceptors (Lipinski definition) is 6. The number of benzene rings is 1. The Labute approximate surface area is 162 Å². The number of carbonyl (C=O) groups is 1. The fraction of sp³-hybridized carbons (Fsp3) is 0.400. The van der Waals surface area contributed by atoms with E-state index in [1.54, 1.807) is 25.0 Å². The summed E-state index contributed by atoms with van der Waals surface area (Å²) in [5.41, 5.74) is 2.04. The molecule has 0 radical (unpaired) electrons. The van der Waals surface area contributed by atoms with E-state index in [1.165, 1.54) is 0 Å². The second-order valence-electron chi connectivity index (χ2n) is 6.99. The van der Waals surface area contributed by atoms with E-state index in [1.807, 2.05) is 30.3 Å². The molecule has 28 heavy (non-hydrogen) atoms. The third kappa shape index (κ3) is 3.62. The maximum absolute atomic E-state index is 13.3. The van der Waals surface area contributed by atoms with E-state index in [0.717, 1.165) is 41.9 Å². The van der Waals surface area contributed by atoms with Crippen molar-refractivity contribution in [1.82, 2.24) is 25.5 Å². The molecule has 1 aliphatic carbocycles. The molecule has 1 N–H and O–H groups in total. The fourth-order valence-electron chi connectivity index (χ4n) is 3.74. The fourth-order valence-corrected chi connectivity index (χ4v) is 3.74. The van der Waals surface area contributed by atoms with Crippen molar-refractivity contribution in [3.8, 4) is 5.75 Å². The van der Waals surface area contributed by atoms with Gasteiger partial charge in [-0.05, 0) is 54.0 Å². The first kappa shape index (κ1) is 18.2. The van der Waals surface area contributed by atoms with Gasteiger partial charge >= 0.3 is 0 Å². The van der Waals surface area contributed by atoms with Gasteiger partial charge in [0.15, 0.2) is 0 Å². The number of carbonyl (C=O) groups excluding carboxylic acids is 1. The van der Waals surface area contributed by atoms with Crippen LogP contribution in [0.1, 0.15) is 47.6 Å². The van der Waals surface area contributed by atoms with Gasteiger partial charge in [0.1, 0.15) is 23.4 Å². The van der Waals surface area contributed by atoms with Crippen LogP contribution in [0.4, 0.5) is 0 Å². The monoisotopic (exact) mass is 381 g/mol. The van der Waals surface area contributed by atoms with Crippen molar-refractivity contribution in [2.45, 2.75) is 44.7 Å². The van der Waals surface area contributed by atoms with E-state index >= 15 is 0 Å². The largest absolute Gasteiger partial charge is 0.497 e. The van der Waals surface area contributed by atoms with Gasteiger partial charge in [-0.15, -0.1) is 5.10 Å². The number of fused-ring (bicyclic) bond motifs is 1. The van der Waals surface area contributed by atoms with E-state index < -0.39 is 6.04 Å². The zero-order valence-electron chi connectivity index (χ0n) is 16.0. The summed E-state index contributed by atoms with van der Waals surface area (Å²) in [7, 11) is 1.63. The van der Waals surface area contributed by atoms with Crippen LogP contribution >= 0.6 is 0 Å². The zero-order valence-corrected chi connectivity index (χ0v) is 16.0. The van der Waals surface area contributed by atoms with Gasteiger partial charge in [-0.3, -0.25) is 4.79 Å².